The van der Waals surface area contributed by atoms with Gasteiger partial charge in [0.25, 0.3) is 0 Å². The molecule has 2 aromatic rings. The van der Waals surface area contributed by atoms with E-state index in [0.29, 0.717) is 35.6 Å². The summed E-state index contributed by atoms with van der Waals surface area (Å²) in [6.07, 6.45) is 1.01. The average molecular weight is 448 g/mol. The summed E-state index contributed by atoms with van der Waals surface area (Å²) in [7, 11) is 4.57. The summed E-state index contributed by atoms with van der Waals surface area (Å²) in [4.78, 5) is 31.1. The van der Waals surface area contributed by atoms with Crippen molar-refractivity contribution < 1.29 is 23.8 Å². The van der Waals surface area contributed by atoms with E-state index in [1.165, 1.54) is 7.11 Å². The van der Waals surface area contributed by atoms with Crippen LogP contribution < -0.4 is 9.47 Å². The number of carbonyl (C=O) groups is 2. The minimum Gasteiger partial charge on any atom is -0.493 e. The summed E-state index contributed by atoms with van der Waals surface area (Å²) in [5, 5.41) is 0. The van der Waals surface area contributed by atoms with Crippen molar-refractivity contribution in [1.82, 2.24) is 0 Å². The van der Waals surface area contributed by atoms with Crippen LogP contribution in [0.25, 0.3) is 0 Å². The van der Waals surface area contributed by atoms with Crippen molar-refractivity contribution >= 4 is 17.5 Å². The van der Waals surface area contributed by atoms with E-state index in [1.54, 1.807) is 14.2 Å². The van der Waals surface area contributed by atoms with Crippen molar-refractivity contribution in [1.29, 1.82) is 0 Å². The van der Waals surface area contributed by atoms with Gasteiger partial charge in [-0.1, -0.05) is 35.9 Å². The third-order valence-corrected chi connectivity index (χ3v) is 6.64. The maximum absolute atomic E-state index is 13.6. The van der Waals surface area contributed by atoms with Crippen molar-refractivity contribution in [2.45, 2.75) is 38.5 Å². The summed E-state index contributed by atoms with van der Waals surface area (Å²) in [6.45, 7) is 3.83. The molecule has 1 heterocycles. The molecule has 1 saturated carbocycles. The van der Waals surface area contributed by atoms with Crippen LogP contribution in [0.15, 0.2) is 58.7 Å². The second-order valence-corrected chi connectivity index (χ2v) is 8.65. The van der Waals surface area contributed by atoms with Gasteiger partial charge in [0.05, 0.1) is 32.8 Å². The number of methoxy groups -OCH3 is 3. The number of hydrogen-bond donors (Lipinski definition) is 0. The second-order valence-electron chi connectivity index (χ2n) is 8.65. The number of fused-ring (bicyclic) bond motifs is 1. The van der Waals surface area contributed by atoms with Gasteiger partial charge in [-0.3, -0.25) is 9.79 Å². The molecule has 0 amide bonds. The van der Waals surface area contributed by atoms with Crippen LogP contribution in [-0.2, 0) is 14.3 Å². The van der Waals surface area contributed by atoms with E-state index >= 15 is 0 Å². The van der Waals surface area contributed by atoms with E-state index < -0.39 is 17.8 Å². The SMILES string of the molecule is COC(=O)C1=C(C)N=C2C[C@H](c3ccc(OC)c(OC)c3)CC(=O)C2[C@@H]1c1cccc(C)c1. The monoisotopic (exact) mass is 447 g/mol. The molecule has 6 heteroatoms. The van der Waals surface area contributed by atoms with Gasteiger partial charge in [-0.05, 0) is 49.4 Å². The summed E-state index contributed by atoms with van der Waals surface area (Å²) in [5.74, 6) is 0.0496. The van der Waals surface area contributed by atoms with E-state index in [9.17, 15) is 9.59 Å². The number of rotatable bonds is 5. The maximum atomic E-state index is 13.6. The zero-order chi connectivity index (χ0) is 23.7. The number of hydrogen-bond acceptors (Lipinski definition) is 6. The highest BCUT2D eigenvalue weighted by atomic mass is 16.5. The topological polar surface area (TPSA) is 74.2 Å². The highest BCUT2D eigenvalue weighted by Gasteiger charge is 2.46. The maximum Gasteiger partial charge on any atom is 0.336 e. The Kier molecular flexibility index (Phi) is 6.36. The molecule has 0 bridgehead atoms. The van der Waals surface area contributed by atoms with E-state index in [2.05, 4.69) is 0 Å². The van der Waals surface area contributed by atoms with Crippen LogP contribution in [0.2, 0.25) is 0 Å². The minimum atomic E-state index is -0.471. The number of esters is 1. The van der Waals surface area contributed by atoms with Gasteiger partial charge in [0.15, 0.2) is 11.5 Å². The van der Waals surface area contributed by atoms with E-state index in [4.69, 9.17) is 19.2 Å². The van der Waals surface area contributed by atoms with Crippen molar-refractivity contribution in [3.8, 4) is 11.5 Å². The number of ketones is 1. The van der Waals surface area contributed by atoms with Gasteiger partial charge in [-0.2, -0.15) is 0 Å². The predicted molar refractivity (Wildman–Crippen MR) is 126 cm³/mol. The van der Waals surface area contributed by atoms with Crippen LogP contribution in [0, 0.1) is 12.8 Å². The van der Waals surface area contributed by atoms with Crippen LogP contribution in [0.5, 0.6) is 11.5 Å². The molecule has 1 fully saturated rings. The summed E-state index contributed by atoms with van der Waals surface area (Å²) >= 11 is 0. The first kappa shape index (κ1) is 22.8. The number of aryl methyl sites for hydroxylation is 1. The summed E-state index contributed by atoms with van der Waals surface area (Å²) in [5.41, 5.74) is 4.92. The zero-order valence-corrected chi connectivity index (χ0v) is 19.7. The van der Waals surface area contributed by atoms with E-state index in [0.717, 1.165) is 22.4 Å². The van der Waals surface area contributed by atoms with Gasteiger partial charge in [0, 0.05) is 23.7 Å². The Morgan fingerprint density at radius 1 is 0.909 bits per heavy atom. The van der Waals surface area contributed by atoms with Gasteiger partial charge in [0.1, 0.15) is 5.78 Å². The van der Waals surface area contributed by atoms with Crippen molar-refractivity contribution in [2.24, 2.45) is 10.9 Å². The van der Waals surface area contributed by atoms with Crippen molar-refractivity contribution in [3.05, 3.63) is 70.4 Å². The Morgan fingerprint density at radius 2 is 1.67 bits per heavy atom. The minimum absolute atomic E-state index is 0.0158. The van der Waals surface area contributed by atoms with Crippen LogP contribution in [0.3, 0.4) is 0 Å². The first-order valence-corrected chi connectivity index (χ1v) is 11.1. The molecule has 4 rings (SSSR count). The molecule has 6 nitrogen and oxygen atoms in total. The van der Waals surface area contributed by atoms with Crippen molar-refractivity contribution in [3.63, 3.8) is 0 Å². The molecule has 2 aromatic carbocycles. The fourth-order valence-corrected chi connectivity index (χ4v) is 5.12. The second kappa shape index (κ2) is 9.22. The molecule has 2 aliphatic rings. The van der Waals surface area contributed by atoms with Gasteiger partial charge in [-0.25, -0.2) is 4.79 Å². The Bertz CT molecular complexity index is 1160. The van der Waals surface area contributed by atoms with Crippen LogP contribution in [0.4, 0.5) is 0 Å². The Balaban J connectivity index is 1.77. The summed E-state index contributed by atoms with van der Waals surface area (Å²) in [6, 6.07) is 13.8. The standard InChI is InChI=1S/C27H29NO5/c1-15-7-6-8-18(11-15)25-24(27(30)33-5)16(2)28-20-12-19(13-21(29)26(20)25)17-9-10-22(31-3)23(14-17)32-4/h6-11,14,19,25-26H,12-13H2,1-5H3/t19-,25+,26?/m0/s1. The molecular formula is C27H29NO5. The van der Waals surface area contributed by atoms with Crippen LogP contribution in [0.1, 0.15) is 48.3 Å². The molecule has 0 saturated heterocycles. The molecule has 172 valence electrons. The lowest BCUT2D eigenvalue weighted by Crippen LogP contribution is -2.41. The van der Waals surface area contributed by atoms with Gasteiger partial charge < -0.3 is 14.2 Å². The predicted octanol–water partition coefficient (Wildman–Crippen LogP) is 4.76. The largest absolute Gasteiger partial charge is 0.493 e. The lowest BCUT2D eigenvalue weighted by molar-refractivity contribution is -0.136. The Hall–Kier alpha value is -3.41. The normalized spacial score (nSPS) is 22.4. The fourth-order valence-electron chi connectivity index (χ4n) is 5.12. The lowest BCUT2D eigenvalue weighted by Gasteiger charge is -2.38. The molecule has 0 radical (unpaired) electrons. The number of ether oxygens (including phenoxy) is 3. The number of carbonyl (C=O) groups excluding carboxylic acids is 2. The van der Waals surface area contributed by atoms with Crippen LogP contribution >= 0.6 is 0 Å². The number of aliphatic imine (C=N–C) groups is 1. The fraction of sp³-hybridized carbons (Fsp3) is 0.370. The molecular weight excluding hydrogens is 418 g/mol. The quantitative estimate of drug-likeness (QED) is 0.618. The van der Waals surface area contributed by atoms with Crippen molar-refractivity contribution in [2.75, 3.05) is 21.3 Å². The first-order valence-electron chi connectivity index (χ1n) is 11.1. The molecule has 0 N–H and O–H groups in total. The van der Waals surface area contributed by atoms with Gasteiger partial charge >= 0.3 is 5.97 Å². The van der Waals surface area contributed by atoms with E-state index in [1.807, 2.05) is 56.3 Å². The smallest absolute Gasteiger partial charge is 0.336 e. The zero-order valence-electron chi connectivity index (χ0n) is 19.7. The van der Waals surface area contributed by atoms with Gasteiger partial charge in [-0.15, -0.1) is 0 Å². The molecule has 1 aliphatic carbocycles. The average Bonchev–Trinajstić information content (AvgIpc) is 2.82. The highest BCUT2D eigenvalue weighted by molar-refractivity contribution is 6.12. The van der Waals surface area contributed by atoms with Crippen LogP contribution in [-0.4, -0.2) is 38.8 Å². The van der Waals surface area contributed by atoms with E-state index in [-0.39, 0.29) is 11.7 Å². The lowest BCUT2D eigenvalue weighted by atomic mass is 9.66. The molecule has 3 atom stereocenters. The number of allylic oxidation sites excluding steroid dienone is 1. The van der Waals surface area contributed by atoms with Gasteiger partial charge in [0.2, 0.25) is 0 Å². The number of nitrogens with zero attached hydrogens (tertiary/aromatic N) is 1. The number of benzene rings is 2. The third kappa shape index (κ3) is 4.17. The molecule has 0 spiro atoms. The first-order chi connectivity index (χ1) is 15.9. The summed E-state index contributed by atoms with van der Waals surface area (Å²) < 4.78 is 15.9. The Morgan fingerprint density at radius 3 is 2.33 bits per heavy atom. The molecule has 0 aromatic heterocycles. The third-order valence-electron chi connectivity index (χ3n) is 6.64. The Labute approximate surface area is 194 Å². The molecule has 33 heavy (non-hydrogen) atoms. The molecule has 1 unspecified atom stereocenters. The molecule has 1 aliphatic heterocycles. The highest BCUT2D eigenvalue weighted by Crippen LogP contribution is 2.46. The number of Topliss-reactive ketones (excluding diaryl/α,β-unsaturated/α-hetero) is 1.